The quantitative estimate of drug-likeness (QED) is 0.0208. The molecule has 0 saturated carbocycles. The van der Waals surface area contributed by atoms with E-state index in [1.54, 1.807) is 0 Å². The van der Waals surface area contributed by atoms with Crippen LogP contribution in [0.1, 0.15) is 136 Å². The third-order valence-corrected chi connectivity index (χ3v) is 9.56. The Morgan fingerprint density at radius 1 is 0.684 bits per heavy atom. The van der Waals surface area contributed by atoms with Crippen molar-refractivity contribution in [3.8, 4) is 0 Å². The fraction of sp³-hybridized carbons (Fsp3) is 0.705. The summed E-state index contributed by atoms with van der Waals surface area (Å²) in [6, 6.07) is 0. The second kappa shape index (κ2) is 35.5. The summed E-state index contributed by atoms with van der Waals surface area (Å²) in [5.74, 6) is -0.425. The number of rotatable bonds is 35. The van der Waals surface area contributed by atoms with Gasteiger partial charge < -0.3 is 34.3 Å². The molecule has 328 valence electrons. The van der Waals surface area contributed by atoms with Crippen LogP contribution in [-0.4, -0.2) is 97.5 Å². The molecule has 1 heterocycles. The van der Waals surface area contributed by atoms with Gasteiger partial charge in [0.1, 0.15) is 30.5 Å². The first-order chi connectivity index (χ1) is 27.6. The van der Waals surface area contributed by atoms with E-state index < -0.39 is 59.8 Å². The molecule has 1 aliphatic heterocycles. The first-order valence-corrected chi connectivity index (χ1v) is 22.6. The molecule has 0 aromatic rings. The lowest BCUT2D eigenvalue weighted by molar-refractivity contribution is -0.301. The van der Waals surface area contributed by atoms with Crippen LogP contribution in [0.5, 0.6) is 0 Å². The predicted molar refractivity (Wildman–Crippen MR) is 225 cm³/mol. The van der Waals surface area contributed by atoms with Crippen molar-refractivity contribution in [3.05, 3.63) is 72.9 Å². The van der Waals surface area contributed by atoms with Gasteiger partial charge in [-0.05, 0) is 64.2 Å². The van der Waals surface area contributed by atoms with Gasteiger partial charge in [-0.3, -0.25) is 9.35 Å². The SMILES string of the molecule is CC/C=C\C/C=C\C/C=C\C/C=C\C/C=C\C/C=C\CCCCCCCCCOCC(COC1OC(CO)C(O)C(OS(=O)(=O)O)C1O)OC(=O)CCCCCC. The van der Waals surface area contributed by atoms with Crippen molar-refractivity contribution < 1.29 is 56.2 Å². The van der Waals surface area contributed by atoms with Crippen LogP contribution in [0.2, 0.25) is 0 Å². The highest BCUT2D eigenvalue weighted by atomic mass is 32.3. The van der Waals surface area contributed by atoms with E-state index in [-0.39, 0.29) is 19.6 Å². The maximum atomic E-state index is 12.5. The van der Waals surface area contributed by atoms with Crippen molar-refractivity contribution in [2.24, 2.45) is 0 Å². The highest BCUT2D eigenvalue weighted by molar-refractivity contribution is 7.80. The topological polar surface area (TPSA) is 178 Å². The Labute approximate surface area is 343 Å². The Morgan fingerprint density at radius 2 is 1.21 bits per heavy atom. The summed E-state index contributed by atoms with van der Waals surface area (Å²) in [5.41, 5.74) is 0. The summed E-state index contributed by atoms with van der Waals surface area (Å²) in [6.45, 7) is 3.67. The largest absolute Gasteiger partial charge is 0.457 e. The zero-order valence-electron chi connectivity index (χ0n) is 34.6. The number of unbranched alkanes of at least 4 members (excludes halogenated alkanes) is 10. The maximum absolute atomic E-state index is 12.5. The predicted octanol–water partition coefficient (Wildman–Crippen LogP) is 8.35. The van der Waals surface area contributed by atoms with Crippen molar-refractivity contribution in [1.82, 2.24) is 0 Å². The van der Waals surface area contributed by atoms with Crippen molar-refractivity contribution in [2.75, 3.05) is 26.4 Å². The lowest BCUT2D eigenvalue weighted by Crippen LogP contribution is -2.60. The van der Waals surface area contributed by atoms with Crippen LogP contribution < -0.4 is 0 Å². The number of hydrogen-bond donors (Lipinski definition) is 4. The molecule has 0 bridgehead atoms. The van der Waals surface area contributed by atoms with Crippen LogP contribution in [0.4, 0.5) is 0 Å². The third-order valence-electron chi connectivity index (χ3n) is 9.09. The Bertz CT molecular complexity index is 1280. The molecule has 0 aliphatic carbocycles. The van der Waals surface area contributed by atoms with Gasteiger partial charge in [-0.1, -0.05) is 138 Å². The van der Waals surface area contributed by atoms with Gasteiger partial charge in [0.2, 0.25) is 0 Å². The zero-order valence-corrected chi connectivity index (χ0v) is 35.4. The van der Waals surface area contributed by atoms with Crippen LogP contribution in [0.25, 0.3) is 0 Å². The van der Waals surface area contributed by atoms with Gasteiger partial charge in [-0.25, -0.2) is 4.18 Å². The Hall–Kier alpha value is -2.46. The fourth-order valence-corrected chi connectivity index (χ4v) is 6.42. The minimum atomic E-state index is -5.06. The normalized spacial score (nSPS) is 21.4. The molecule has 0 amide bonds. The van der Waals surface area contributed by atoms with E-state index in [4.69, 9.17) is 23.5 Å². The molecule has 1 rings (SSSR count). The summed E-state index contributed by atoms with van der Waals surface area (Å²) in [4.78, 5) is 12.5. The average molecular weight is 827 g/mol. The molecule has 1 fully saturated rings. The number of carbonyl (C=O) groups is 1. The number of aliphatic hydroxyl groups is 3. The smallest absolute Gasteiger partial charge is 0.397 e. The van der Waals surface area contributed by atoms with Gasteiger partial charge in [-0.15, -0.1) is 0 Å². The molecular weight excluding hydrogens is 753 g/mol. The summed E-state index contributed by atoms with van der Waals surface area (Å²) in [5, 5.41) is 30.4. The molecule has 13 heteroatoms. The molecule has 0 aromatic carbocycles. The van der Waals surface area contributed by atoms with E-state index >= 15 is 0 Å². The molecule has 4 N–H and O–H groups in total. The molecule has 0 radical (unpaired) electrons. The number of carbonyl (C=O) groups excluding carboxylic acids is 1. The summed E-state index contributed by atoms with van der Waals surface area (Å²) >= 11 is 0. The highest BCUT2D eigenvalue weighted by Gasteiger charge is 2.48. The van der Waals surface area contributed by atoms with E-state index in [1.165, 1.54) is 19.3 Å². The second-order valence-electron chi connectivity index (χ2n) is 14.2. The van der Waals surface area contributed by atoms with E-state index in [1.807, 2.05) is 0 Å². The number of ether oxygens (including phenoxy) is 4. The number of allylic oxidation sites excluding steroid dienone is 12. The summed E-state index contributed by atoms with van der Waals surface area (Å²) in [7, 11) is -5.06. The molecule has 6 unspecified atom stereocenters. The Balaban J connectivity index is 2.25. The van der Waals surface area contributed by atoms with Gasteiger partial charge in [-0.2, -0.15) is 8.42 Å². The van der Waals surface area contributed by atoms with E-state index in [2.05, 4.69) is 90.9 Å². The fourth-order valence-electron chi connectivity index (χ4n) is 5.91. The standard InChI is InChI=1S/C44H74O12S/c1-3-5-7-9-10-11-12-13-14-15-16-17-18-19-20-21-22-23-24-25-26-27-28-29-30-32-34-52-36-38(54-40(46)33-31-8-6-4-2)37-53-44-42(48)43(56-57(49,50)51)41(47)39(35-45)55-44/h5,7,10-11,13-14,16-17,19-20,22-23,38-39,41-45,47-48H,3-4,6,8-9,12,15,18,21,24-37H2,1-2H3,(H,49,50,51)/b7-5-,11-10-,14-13-,17-16-,20-19-,23-22-. The minimum absolute atomic E-state index is 0.0229. The molecule has 1 saturated heterocycles. The molecular formula is C44H74O12S. The minimum Gasteiger partial charge on any atom is -0.457 e. The summed E-state index contributed by atoms with van der Waals surface area (Å²) < 4.78 is 58.5. The first-order valence-electron chi connectivity index (χ1n) is 21.2. The van der Waals surface area contributed by atoms with E-state index in [9.17, 15) is 28.5 Å². The molecule has 1 aliphatic rings. The van der Waals surface area contributed by atoms with Crippen molar-refractivity contribution in [2.45, 2.75) is 173 Å². The Morgan fingerprint density at radius 3 is 1.75 bits per heavy atom. The van der Waals surface area contributed by atoms with Crippen molar-refractivity contribution >= 4 is 16.4 Å². The van der Waals surface area contributed by atoms with Gasteiger partial charge in [0.05, 0.1) is 19.8 Å². The highest BCUT2D eigenvalue weighted by Crippen LogP contribution is 2.26. The maximum Gasteiger partial charge on any atom is 0.397 e. The van der Waals surface area contributed by atoms with Gasteiger partial charge in [0.15, 0.2) is 6.29 Å². The monoisotopic (exact) mass is 826 g/mol. The van der Waals surface area contributed by atoms with Crippen LogP contribution in [0, 0.1) is 0 Å². The van der Waals surface area contributed by atoms with Crippen LogP contribution in [0.3, 0.4) is 0 Å². The number of hydrogen-bond acceptors (Lipinski definition) is 11. The van der Waals surface area contributed by atoms with Crippen molar-refractivity contribution in [3.63, 3.8) is 0 Å². The van der Waals surface area contributed by atoms with Crippen LogP contribution >= 0.6 is 0 Å². The number of aliphatic hydroxyl groups excluding tert-OH is 3. The average Bonchev–Trinajstić information content (AvgIpc) is 3.18. The van der Waals surface area contributed by atoms with Gasteiger partial charge >= 0.3 is 16.4 Å². The first kappa shape index (κ1) is 52.6. The van der Waals surface area contributed by atoms with Gasteiger partial charge in [0, 0.05) is 13.0 Å². The molecule has 0 aromatic heterocycles. The molecule has 12 nitrogen and oxygen atoms in total. The lowest BCUT2D eigenvalue weighted by Gasteiger charge is -2.41. The molecule has 57 heavy (non-hydrogen) atoms. The lowest BCUT2D eigenvalue weighted by atomic mass is 9.99. The van der Waals surface area contributed by atoms with E-state index in [0.29, 0.717) is 13.0 Å². The molecule has 0 spiro atoms. The summed E-state index contributed by atoms with van der Waals surface area (Å²) in [6.07, 6.45) is 35.9. The Kier molecular flexibility index (Phi) is 32.7. The van der Waals surface area contributed by atoms with Crippen molar-refractivity contribution in [1.29, 1.82) is 0 Å². The third kappa shape index (κ3) is 29.4. The molecule has 6 atom stereocenters. The van der Waals surface area contributed by atoms with Crippen LogP contribution in [0.15, 0.2) is 72.9 Å². The van der Waals surface area contributed by atoms with E-state index in [0.717, 1.165) is 89.9 Å². The number of esters is 1. The van der Waals surface area contributed by atoms with Crippen LogP contribution in [-0.2, 0) is 38.3 Å². The zero-order chi connectivity index (χ0) is 41.8. The second-order valence-corrected chi connectivity index (χ2v) is 15.3. The van der Waals surface area contributed by atoms with Gasteiger partial charge in [0.25, 0.3) is 0 Å².